The van der Waals surface area contributed by atoms with Crippen molar-refractivity contribution in [1.29, 1.82) is 0 Å². The number of carboxylic acid groups (broad SMARTS) is 1. The van der Waals surface area contributed by atoms with Crippen LogP contribution in [0.5, 0.6) is 6.01 Å². The minimum absolute atomic E-state index is 0.0131. The normalized spacial score (nSPS) is 16.9. The van der Waals surface area contributed by atoms with E-state index >= 15 is 0 Å². The number of carbonyl (C=O) groups is 1. The summed E-state index contributed by atoms with van der Waals surface area (Å²) < 4.78 is 29.2. The molecule has 0 atom stereocenters. The van der Waals surface area contributed by atoms with Crippen LogP contribution < -0.4 is 4.74 Å². The lowest BCUT2D eigenvalue weighted by atomic mass is 10.0. The van der Waals surface area contributed by atoms with Crippen molar-refractivity contribution in [3.05, 3.63) is 41.5 Å². The molecule has 0 amide bonds. The fourth-order valence-corrected chi connectivity index (χ4v) is 3.78. The van der Waals surface area contributed by atoms with Gasteiger partial charge in [0.2, 0.25) is 0 Å². The third-order valence-electron chi connectivity index (χ3n) is 5.71. The number of nitrogens with zero attached hydrogens (tertiary/aromatic N) is 4. The molecule has 0 saturated carbocycles. The van der Waals surface area contributed by atoms with Crippen LogP contribution in [0.1, 0.15) is 16.1 Å². The van der Waals surface area contributed by atoms with Crippen molar-refractivity contribution in [2.24, 2.45) is 0 Å². The smallest absolute Gasteiger partial charge is 0.355 e. The number of halogens is 1. The quantitative estimate of drug-likeness (QED) is 0.559. The molecular weight excluding hydrogens is 459 g/mol. The van der Waals surface area contributed by atoms with Gasteiger partial charge in [0.15, 0.2) is 5.69 Å². The van der Waals surface area contributed by atoms with E-state index in [2.05, 4.69) is 19.8 Å². The van der Waals surface area contributed by atoms with Crippen LogP contribution in [0, 0.1) is 12.7 Å². The monoisotopic (exact) mass is 492 g/mol. The largest absolute Gasteiger partial charge is 0.476 e. The highest BCUT2D eigenvalue weighted by atomic mass is 19.1. The summed E-state index contributed by atoms with van der Waals surface area (Å²) in [6, 6.07) is 4.16. The number of morpholine rings is 2. The molecule has 35 heavy (non-hydrogen) atoms. The van der Waals surface area contributed by atoms with Gasteiger partial charge in [-0.15, -0.1) is 0 Å². The van der Waals surface area contributed by atoms with Gasteiger partial charge in [0.05, 0.1) is 33.0 Å². The highest BCUT2D eigenvalue weighted by molar-refractivity contribution is 5.94. The van der Waals surface area contributed by atoms with E-state index in [1.54, 1.807) is 6.92 Å². The van der Waals surface area contributed by atoms with Crippen molar-refractivity contribution in [1.82, 2.24) is 19.8 Å². The zero-order valence-electron chi connectivity index (χ0n) is 20.0. The molecule has 0 unspecified atom stereocenters. The Morgan fingerprint density at radius 2 is 1.69 bits per heavy atom. The number of aliphatic hydroxyl groups excluding tert-OH is 1. The first-order chi connectivity index (χ1) is 17.0. The molecule has 2 saturated heterocycles. The predicted molar refractivity (Wildman–Crippen MR) is 126 cm³/mol. The van der Waals surface area contributed by atoms with E-state index in [1.165, 1.54) is 24.4 Å². The number of hydrogen-bond donors (Lipinski definition) is 2. The molecule has 4 rings (SSSR count). The maximum atomic E-state index is 13.3. The SMILES string of the molecule is Cc1cc(F)ccc1-c1cnc(OCCN2CCOCC2)nc1C(=O)O.OCCN1CCOCC1. The average molecular weight is 493 g/mol. The van der Waals surface area contributed by atoms with Gasteiger partial charge in [0.1, 0.15) is 12.4 Å². The number of ether oxygens (including phenoxy) is 3. The number of aromatic carboxylic acids is 1. The minimum atomic E-state index is -1.19. The molecule has 2 N–H and O–H groups in total. The van der Waals surface area contributed by atoms with E-state index in [1.807, 2.05) is 0 Å². The van der Waals surface area contributed by atoms with Crippen LogP contribution in [0.3, 0.4) is 0 Å². The molecule has 3 heterocycles. The van der Waals surface area contributed by atoms with Crippen molar-refractivity contribution in [2.75, 3.05) is 78.9 Å². The predicted octanol–water partition coefficient (Wildman–Crippen LogP) is 1.31. The Balaban J connectivity index is 0.000000320. The lowest BCUT2D eigenvalue weighted by Crippen LogP contribution is -2.38. The Labute approximate surface area is 204 Å². The summed E-state index contributed by atoms with van der Waals surface area (Å²) in [6.45, 7) is 10.5. The molecule has 0 radical (unpaired) electrons. The molecule has 2 aliphatic rings. The maximum absolute atomic E-state index is 13.3. The highest BCUT2D eigenvalue weighted by Crippen LogP contribution is 2.27. The van der Waals surface area contributed by atoms with Crippen LogP contribution in [0.2, 0.25) is 0 Å². The number of rotatable bonds is 8. The molecule has 2 aromatic rings. The number of aryl methyl sites for hydroxylation is 1. The third-order valence-corrected chi connectivity index (χ3v) is 5.71. The molecular formula is C24H33FN4O6. The highest BCUT2D eigenvalue weighted by Gasteiger charge is 2.18. The van der Waals surface area contributed by atoms with Crippen LogP contribution in [0.25, 0.3) is 11.1 Å². The van der Waals surface area contributed by atoms with Crippen LogP contribution in [-0.4, -0.2) is 115 Å². The van der Waals surface area contributed by atoms with Gasteiger partial charge in [-0.05, 0) is 30.2 Å². The second kappa shape index (κ2) is 14.0. The van der Waals surface area contributed by atoms with E-state index in [0.29, 0.717) is 43.1 Å². The molecule has 0 bridgehead atoms. The molecule has 0 aliphatic carbocycles. The summed E-state index contributed by atoms with van der Waals surface area (Å²) in [4.78, 5) is 24.1. The second-order valence-corrected chi connectivity index (χ2v) is 8.16. The molecule has 1 aromatic carbocycles. The summed E-state index contributed by atoms with van der Waals surface area (Å²) in [5.41, 5.74) is 1.34. The molecule has 10 nitrogen and oxygen atoms in total. The summed E-state index contributed by atoms with van der Waals surface area (Å²) in [5.74, 6) is -1.57. The number of carboxylic acids is 1. The summed E-state index contributed by atoms with van der Waals surface area (Å²) in [7, 11) is 0. The van der Waals surface area contributed by atoms with Gasteiger partial charge in [0, 0.05) is 51.0 Å². The van der Waals surface area contributed by atoms with Gasteiger partial charge in [-0.25, -0.2) is 14.2 Å². The lowest BCUT2D eigenvalue weighted by molar-refractivity contribution is 0.0306. The van der Waals surface area contributed by atoms with Crippen LogP contribution >= 0.6 is 0 Å². The third kappa shape index (κ3) is 8.48. The van der Waals surface area contributed by atoms with Gasteiger partial charge in [-0.2, -0.15) is 4.98 Å². The zero-order valence-corrected chi connectivity index (χ0v) is 20.0. The van der Waals surface area contributed by atoms with Gasteiger partial charge in [0.25, 0.3) is 0 Å². The van der Waals surface area contributed by atoms with Crippen LogP contribution in [-0.2, 0) is 9.47 Å². The summed E-state index contributed by atoms with van der Waals surface area (Å²) in [6.07, 6.45) is 1.40. The minimum Gasteiger partial charge on any atom is -0.476 e. The van der Waals surface area contributed by atoms with Crippen molar-refractivity contribution in [3.8, 4) is 17.1 Å². The Morgan fingerprint density at radius 1 is 1.06 bits per heavy atom. The van der Waals surface area contributed by atoms with E-state index in [0.717, 1.165) is 45.9 Å². The molecule has 11 heteroatoms. The molecule has 0 spiro atoms. The van der Waals surface area contributed by atoms with Crippen molar-refractivity contribution in [2.45, 2.75) is 6.92 Å². The standard InChI is InChI=1S/C18H20FN3O4.C6H13NO2/c1-12-10-13(19)2-3-14(12)15-11-20-18(21-16(15)17(23)24)26-9-6-22-4-7-25-8-5-22;8-4-1-7-2-5-9-6-3-7/h2-3,10-11H,4-9H2,1H3,(H,23,24);8H,1-6H2. The van der Waals surface area contributed by atoms with Crippen molar-refractivity contribution < 1.29 is 33.6 Å². The lowest BCUT2D eigenvalue weighted by Gasteiger charge is -2.26. The van der Waals surface area contributed by atoms with Crippen LogP contribution in [0.4, 0.5) is 4.39 Å². The van der Waals surface area contributed by atoms with Crippen molar-refractivity contribution >= 4 is 5.97 Å². The topological polar surface area (TPSA) is 117 Å². The Bertz CT molecular complexity index is 949. The average Bonchev–Trinajstić information content (AvgIpc) is 2.86. The van der Waals surface area contributed by atoms with Gasteiger partial charge < -0.3 is 24.4 Å². The fourth-order valence-electron chi connectivity index (χ4n) is 3.78. The van der Waals surface area contributed by atoms with Gasteiger partial charge in [-0.1, -0.05) is 6.07 Å². The summed E-state index contributed by atoms with van der Waals surface area (Å²) in [5, 5.41) is 18.0. The first-order valence-electron chi connectivity index (χ1n) is 11.7. The molecule has 1 aromatic heterocycles. The Morgan fingerprint density at radius 3 is 2.26 bits per heavy atom. The number of benzene rings is 1. The number of hydrogen-bond acceptors (Lipinski definition) is 9. The van der Waals surface area contributed by atoms with E-state index in [4.69, 9.17) is 19.3 Å². The molecule has 2 aliphatic heterocycles. The van der Waals surface area contributed by atoms with Gasteiger partial charge >= 0.3 is 12.0 Å². The first-order valence-corrected chi connectivity index (χ1v) is 11.7. The van der Waals surface area contributed by atoms with Gasteiger partial charge in [-0.3, -0.25) is 9.80 Å². The second-order valence-electron chi connectivity index (χ2n) is 8.16. The first kappa shape index (κ1) is 26.9. The van der Waals surface area contributed by atoms with Crippen LogP contribution in [0.15, 0.2) is 24.4 Å². The Hall–Kier alpha value is -2.70. The number of aliphatic hydroxyl groups is 1. The summed E-state index contributed by atoms with van der Waals surface area (Å²) >= 11 is 0. The van der Waals surface area contributed by atoms with Crippen molar-refractivity contribution in [3.63, 3.8) is 0 Å². The maximum Gasteiger partial charge on any atom is 0.355 e. The number of β-amino-alcohol motifs (C(OH)–C–C–N with tert-alkyl or cyclic N) is 1. The number of aromatic nitrogens is 2. The fraction of sp³-hybridized carbons (Fsp3) is 0.542. The van der Waals surface area contributed by atoms with E-state index < -0.39 is 5.97 Å². The Kier molecular flexibility index (Phi) is 10.8. The molecule has 192 valence electrons. The zero-order chi connectivity index (χ0) is 25.0. The van der Waals surface area contributed by atoms with E-state index in [9.17, 15) is 14.3 Å². The molecule has 2 fully saturated rings. The van der Waals surface area contributed by atoms with E-state index in [-0.39, 0.29) is 24.1 Å².